The molecule has 0 atom stereocenters. The predicted octanol–water partition coefficient (Wildman–Crippen LogP) is 2.13. The van der Waals surface area contributed by atoms with E-state index in [2.05, 4.69) is 9.82 Å². The molecule has 1 heterocycles. The third kappa shape index (κ3) is 5.15. The molecule has 142 valence electrons. The summed E-state index contributed by atoms with van der Waals surface area (Å²) < 4.78 is 34.8. The molecule has 2 aromatic rings. The first-order chi connectivity index (χ1) is 12.3. The van der Waals surface area contributed by atoms with Crippen LogP contribution in [0.1, 0.15) is 38.7 Å². The third-order valence-corrected chi connectivity index (χ3v) is 5.33. The lowest BCUT2D eigenvalue weighted by Crippen LogP contribution is -2.28. The second-order valence-electron chi connectivity index (χ2n) is 6.13. The van der Waals surface area contributed by atoms with E-state index in [0.29, 0.717) is 25.3 Å². The van der Waals surface area contributed by atoms with Crippen molar-refractivity contribution in [2.24, 2.45) is 0 Å². The molecule has 0 amide bonds. The van der Waals surface area contributed by atoms with Crippen LogP contribution in [0.5, 0.6) is 5.75 Å². The van der Waals surface area contributed by atoms with E-state index in [1.165, 1.54) is 16.9 Å². The fourth-order valence-corrected chi connectivity index (χ4v) is 3.69. The Morgan fingerprint density at radius 2 is 2.04 bits per heavy atom. The Kier molecular flexibility index (Phi) is 6.93. The lowest BCUT2D eigenvalue weighted by Gasteiger charge is -2.15. The van der Waals surface area contributed by atoms with E-state index in [1.54, 1.807) is 18.2 Å². The van der Waals surface area contributed by atoms with E-state index in [0.717, 1.165) is 5.56 Å². The summed E-state index contributed by atoms with van der Waals surface area (Å²) in [6, 6.07) is 8.21. The highest BCUT2D eigenvalue weighted by Crippen LogP contribution is 2.28. The van der Waals surface area contributed by atoms with Gasteiger partial charge in [0.05, 0.1) is 6.61 Å². The van der Waals surface area contributed by atoms with Crippen molar-refractivity contribution in [2.75, 3.05) is 13.2 Å². The molecule has 0 spiro atoms. The van der Waals surface area contributed by atoms with Crippen LogP contribution in [-0.2, 0) is 16.6 Å². The first kappa shape index (κ1) is 20.1. The Hall–Kier alpha value is -2.19. The molecule has 1 aromatic heterocycles. The molecule has 0 aliphatic carbocycles. The second kappa shape index (κ2) is 8.95. The molecule has 8 heteroatoms. The molecule has 7 nitrogen and oxygen atoms in total. The van der Waals surface area contributed by atoms with Gasteiger partial charge in [0.15, 0.2) is 0 Å². The van der Waals surface area contributed by atoms with Crippen LogP contribution in [0.4, 0.5) is 0 Å². The van der Waals surface area contributed by atoms with Gasteiger partial charge in [-0.3, -0.25) is 4.79 Å². The molecule has 1 N–H and O–H groups in total. The summed E-state index contributed by atoms with van der Waals surface area (Å²) in [5.74, 6) is 0.543. The average molecular weight is 379 g/mol. The van der Waals surface area contributed by atoms with Gasteiger partial charge in [-0.1, -0.05) is 19.9 Å². The quantitative estimate of drug-likeness (QED) is 0.674. The zero-order valence-corrected chi connectivity index (χ0v) is 16.1. The van der Waals surface area contributed by atoms with E-state index in [4.69, 9.17) is 4.74 Å². The average Bonchev–Trinajstić information content (AvgIpc) is 2.60. The van der Waals surface area contributed by atoms with Crippen LogP contribution in [0, 0.1) is 0 Å². The van der Waals surface area contributed by atoms with Gasteiger partial charge in [-0.15, -0.1) is 0 Å². The molecule has 0 fully saturated rings. The minimum absolute atomic E-state index is 0.139. The maximum absolute atomic E-state index is 12.7. The zero-order valence-electron chi connectivity index (χ0n) is 15.3. The summed E-state index contributed by atoms with van der Waals surface area (Å²) in [5, 5.41) is 3.95. The number of ether oxygens (including phenoxy) is 1. The smallest absolute Gasteiger partial charge is 0.266 e. The molecule has 0 radical (unpaired) electrons. The van der Waals surface area contributed by atoms with Gasteiger partial charge < -0.3 is 4.74 Å². The Morgan fingerprint density at radius 3 is 2.69 bits per heavy atom. The van der Waals surface area contributed by atoms with Crippen molar-refractivity contribution in [3.8, 4) is 5.75 Å². The van der Waals surface area contributed by atoms with E-state index in [-0.39, 0.29) is 22.9 Å². The van der Waals surface area contributed by atoms with Gasteiger partial charge in [0.25, 0.3) is 5.56 Å². The molecule has 0 saturated carbocycles. The summed E-state index contributed by atoms with van der Waals surface area (Å²) in [7, 11) is -3.72. The number of benzene rings is 1. The highest BCUT2D eigenvalue weighted by Gasteiger charge is 2.20. The van der Waals surface area contributed by atoms with Gasteiger partial charge in [-0.05, 0) is 43.0 Å². The maximum atomic E-state index is 12.7. The summed E-state index contributed by atoms with van der Waals surface area (Å²) in [5.41, 5.74) is 0.715. The van der Waals surface area contributed by atoms with Crippen LogP contribution < -0.4 is 15.0 Å². The Bertz CT molecular complexity index is 891. The normalized spacial score (nSPS) is 11.7. The Morgan fingerprint density at radius 1 is 1.27 bits per heavy atom. The number of aryl methyl sites for hydroxylation is 1. The van der Waals surface area contributed by atoms with Crippen LogP contribution in [0.3, 0.4) is 0 Å². The number of nitrogens with zero attached hydrogens (tertiary/aromatic N) is 2. The Balaban J connectivity index is 2.10. The van der Waals surface area contributed by atoms with E-state index in [1.807, 2.05) is 26.8 Å². The van der Waals surface area contributed by atoms with Gasteiger partial charge in [-0.25, -0.2) is 17.8 Å². The van der Waals surface area contributed by atoms with Gasteiger partial charge in [0.2, 0.25) is 10.0 Å². The lowest BCUT2D eigenvalue weighted by molar-refractivity contribution is 0.330. The highest BCUT2D eigenvalue weighted by molar-refractivity contribution is 7.89. The van der Waals surface area contributed by atoms with Crippen molar-refractivity contribution in [1.82, 2.24) is 14.5 Å². The van der Waals surface area contributed by atoms with Crippen molar-refractivity contribution in [1.29, 1.82) is 0 Å². The van der Waals surface area contributed by atoms with Crippen LogP contribution in [0.25, 0.3) is 0 Å². The van der Waals surface area contributed by atoms with Crippen LogP contribution in [0.15, 0.2) is 46.2 Å². The zero-order chi connectivity index (χ0) is 19.2. The number of sulfonamides is 1. The number of rotatable bonds is 9. The Labute approximate surface area is 154 Å². The molecule has 0 aliphatic heterocycles. The second-order valence-corrected chi connectivity index (χ2v) is 7.87. The number of aromatic nitrogens is 2. The van der Waals surface area contributed by atoms with E-state index < -0.39 is 10.0 Å². The fraction of sp³-hybridized carbons (Fsp3) is 0.444. The maximum Gasteiger partial charge on any atom is 0.266 e. The van der Waals surface area contributed by atoms with E-state index in [9.17, 15) is 13.2 Å². The summed E-state index contributed by atoms with van der Waals surface area (Å²) in [4.78, 5) is 11.7. The van der Waals surface area contributed by atoms with Crippen molar-refractivity contribution >= 4 is 10.0 Å². The third-order valence-electron chi connectivity index (χ3n) is 3.85. The molecule has 1 aromatic carbocycles. The van der Waals surface area contributed by atoms with E-state index >= 15 is 0 Å². The topological polar surface area (TPSA) is 90.3 Å². The molecule has 0 unspecified atom stereocenters. The largest absolute Gasteiger partial charge is 0.492 e. The number of hydrogen-bond donors (Lipinski definition) is 1. The highest BCUT2D eigenvalue weighted by atomic mass is 32.2. The standard InChI is InChI=1S/C18H25N3O4S/c1-4-25-16-9-8-15(14(2)3)13-17(16)26(23,24)20-11-6-12-21-18(22)7-5-10-19-21/h5,7-10,13-14,20H,4,6,11-12H2,1-3H3. The van der Waals surface area contributed by atoms with Crippen LogP contribution in [0.2, 0.25) is 0 Å². The van der Waals surface area contributed by atoms with Crippen molar-refractivity contribution in [2.45, 2.75) is 44.6 Å². The van der Waals surface area contributed by atoms with Crippen LogP contribution >= 0.6 is 0 Å². The van der Waals surface area contributed by atoms with Crippen LogP contribution in [-0.4, -0.2) is 31.3 Å². The van der Waals surface area contributed by atoms with Crippen molar-refractivity contribution in [3.63, 3.8) is 0 Å². The lowest BCUT2D eigenvalue weighted by atomic mass is 10.0. The molecular weight excluding hydrogens is 354 g/mol. The fourth-order valence-electron chi connectivity index (χ4n) is 2.44. The number of hydrogen-bond acceptors (Lipinski definition) is 5. The molecular formula is C18H25N3O4S. The number of nitrogens with one attached hydrogen (secondary N) is 1. The van der Waals surface area contributed by atoms with Crippen molar-refractivity contribution < 1.29 is 13.2 Å². The first-order valence-electron chi connectivity index (χ1n) is 8.63. The molecule has 0 saturated heterocycles. The van der Waals surface area contributed by atoms with Crippen molar-refractivity contribution in [3.05, 3.63) is 52.4 Å². The van der Waals surface area contributed by atoms with Gasteiger partial charge >= 0.3 is 0 Å². The summed E-state index contributed by atoms with van der Waals surface area (Å²) >= 11 is 0. The summed E-state index contributed by atoms with van der Waals surface area (Å²) in [6.07, 6.45) is 1.97. The monoisotopic (exact) mass is 379 g/mol. The van der Waals surface area contributed by atoms with Gasteiger partial charge in [0, 0.05) is 25.4 Å². The first-order valence-corrected chi connectivity index (χ1v) is 10.1. The molecule has 0 aliphatic rings. The molecule has 0 bridgehead atoms. The minimum Gasteiger partial charge on any atom is -0.492 e. The molecule has 2 rings (SSSR count). The SMILES string of the molecule is CCOc1ccc(C(C)C)cc1S(=O)(=O)NCCCn1ncccc1=O. The van der Waals surface area contributed by atoms with Gasteiger partial charge in [0.1, 0.15) is 10.6 Å². The van der Waals surface area contributed by atoms with Gasteiger partial charge in [-0.2, -0.15) is 5.10 Å². The molecule has 26 heavy (non-hydrogen) atoms. The minimum atomic E-state index is -3.72. The predicted molar refractivity (Wildman–Crippen MR) is 100 cm³/mol. The summed E-state index contributed by atoms with van der Waals surface area (Å²) in [6.45, 7) is 6.74.